The highest BCUT2D eigenvalue weighted by atomic mass is 16.3. The molecule has 3 heterocycles. The van der Waals surface area contributed by atoms with Gasteiger partial charge in [0.05, 0.1) is 6.20 Å². The van der Waals surface area contributed by atoms with Crippen LogP contribution in [-0.4, -0.2) is 36.2 Å². The SMILES string of the molecule is CC(C)Cn1c(O)c(C(=O)NC2CC2)c(=O)n2ncc(C=Cc3cccnc3)c12. The smallest absolute Gasteiger partial charge is 0.291 e. The van der Waals surface area contributed by atoms with Crippen LogP contribution in [-0.2, 0) is 6.54 Å². The molecule has 0 aromatic carbocycles. The van der Waals surface area contributed by atoms with Gasteiger partial charge in [0.2, 0.25) is 5.88 Å². The Kier molecular flexibility index (Phi) is 4.92. The third kappa shape index (κ3) is 3.78. The van der Waals surface area contributed by atoms with E-state index in [-0.39, 0.29) is 23.4 Å². The zero-order chi connectivity index (χ0) is 20.5. The lowest BCUT2D eigenvalue weighted by Crippen LogP contribution is -2.34. The van der Waals surface area contributed by atoms with Crippen LogP contribution in [0, 0.1) is 5.92 Å². The second-order valence-corrected chi connectivity index (χ2v) is 7.71. The molecule has 8 nitrogen and oxygen atoms in total. The van der Waals surface area contributed by atoms with Crippen LogP contribution in [0.25, 0.3) is 17.8 Å². The first-order valence-electron chi connectivity index (χ1n) is 9.68. The first-order chi connectivity index (χ1) is 14.0. The number of nitrogens with one attached hydrogen (secondary N) is 1. The average Bonchev–Trinajstić information content (AvgIpc) is 3.40. The predicted octanol–water partition coefficient (Wildman–Crippen LogP) is 2.32. The molecule has 8 heteroatoms. The number of aromatic nitrogens is 4. The Bertz CT molecular complexity index is 1140. The number of nitrogens with zero attached hydrogens (tertiary/aromatic N) is 4. The van der Waals surface area contributed by atoms with Gasteiger partial charge in [0.1, 0.15) is 5.65 Å². The molecule has 0 saturated heterocycles. The minimum absolute atomic E-state index is 0.0751. The van der Waals surface area contributed by atoms with E-state index >= 15 is 0 Å². The van der Waals surface area contributed by atoms with Crippen molar-refractivity contribution in [2.75, 3.05) is 0 Å². The fraction of sp³-hybridized carbons (Fsp3) is 0.333. The first-order valence-corrected chi connectivity index (χ1v) is 9.68. The number of aromatic hydroxyl groups is 1. The van der Waals surface area contributed by atoms with Crippen LogP contribution in [0.15, 0.2) is 35.5 Å². The van der Waals surface area contributed by atoms with E-state index in [0.29, 0.717) is 17.8 Å². The summed E-state index contributed by atoms with van der Waals surface area (Å²) in [6, 6.07) is 3.82. The average molecular weight is 393 g/mol. The lowest BCUT2D eigenvalue weighted by atomic mass is 10.2. The number of fused-ring (bicyclic) bond motifs is 1. The van der Waals surface area contributed by atoms with Gasteiger partial charge in [0.15, 0.2) is 5.56 Å². The van der Waals surface area contributed by atoms with Crippen LogP contribution in [0.4, 0.5) is 0 Å². The summed E-state index contributed by atoms with van der Waals surface area (Å²) in [7, 11) is 0. The molecular formula is C21H23N5O3. The van der Waals surface area contributed by atoms with Gasteiger partial charge in [-0.2, -0.15) is 9.61 Å². The molecule has 1 fully saturated rings. The second kappa shape index (κ2) is 7.54. The van der Waals surface area contributed by atoms with Gasteiger partial charge >= 0.3 is 0 Å². The molecule has 0 atom stereocenters. The zero-order valence-corrected chi connectivity index (χ0v) is 16.4. The fourth-order valence-electron chi connectivity index (χ4n) is 3.21. The summed E-state index contributed by atoms with van der Waals surface area (Å²) >= 11 is 0. The summed E-state index contributed by atoms with van der Waals surface area (Å²) in [6.07, 6.45) is 10.4. The van der Waals surface area contributed by atoms with Crippen molar-refractivity contribution in [1.29, 1.82) is 0 Å². The summed E-state index contributed by atoms with van der Waals surface area (Å²) < 4.78 is 2.77. The van der Waals surface area contributed by atoms with Crippen molar-refractivity contribution in [2.24, 2.45) is 5.92 Å². The largest absolute Gasteiger partial charge is 0.494 e. The van der Waals surface area contributed by atoms with E-state index in [1.807, 2.05) is 38.1 Å². The van der Waals surface area contributed by atoms with Gasteiger partial charge in [-0.05, 0) is 36.5 Å². The summed E-state index contributed by atoms with van der Waals surface area (Å²) in [6.45, 7) is 4.43. The van der Waals surface area contributed by atoms with Crippen molar-refractivity contribution in [3.05, 3.63) is 57.8 Å². The number of rotatable bonds is 6. The minimum Gasteiger partial charge on any atom is -0.494 e. The topological polar surface area (TPSA) is 102 Å². The Morgan fingerprint density at radius 3 is 2.79 bits per heavy atom. The van der Waals surface area contributed by atoms with Gasteiger partial charge in [-0.1, -0.05) is 26.0 Å². The number of hydrogen-bond acceptors (Lipinski definition) is 5. The van der Waals surface area contributed by atoms with Crippen LogP contribution in [0.3, 0.4) is 0 Å². The molecule has 4 rings (SSSR count). The van der Waals surface area contributed by atoms with E-state index in [9.17, 15) is 14.7 Å². The molecule has 3 aromatic heterocycles. The molecule has 150 valence electrons. The Balaban J connectivity index is 1.86. The maximum absolute atomic E-state index is 13.0. The van der Waals surface area contributed by atoms with Crippen LogP contribution in [0.2, 0.25) is 0 Å². The van der Waals surface area contributed by atoms with E-state index in [1.165, 1.54) is 4.52 Å². The van der Waals surface area contributed by atoms with E-state index < -0.39 is 11.5 Å². The van der Waals surface area contributed by atoms with Crippen molar-refractivity contribution >= 4 is 23.7 Å². The quantitative estimate of drug-likeness (QED) is 0.669. The highest BCUT2D eigenvalue weighted by Crippen LogP contribution is 2.24. The molecule has 0 unspecified atom stereocenters. The van der Waals surface area contributed by atoms with Crippen LogP contribution in [0.5, 0.6) is 5.88 Å². The standard InChI is InChI=1S/C21H23N5O3/c1-13(2)12-25-19-15(6-5-14-4-3-9-22-10-14)11-23-26(19)21(29)17(20(25)28)18(27)24-16-7-8-16/h3-6,9-11,13,16,28H,7-8,12H2,1-2H3,(H,24,27). The van der Waals surface area contributed by atoms with Crippen LogP contribution < -0.4 is 10.9 Å². The van der Waals surface area contributed by atoms with Crippen molar-refractivity contribution < 1.29 is 9.90 Å². The minimum atomic E-state index is -0.628. The highest BCUT2D eigenvalue weighted by molar-refractivity contribution is 5.96. The van der Waals surface area contributed by atoms with Gasteiger partial charge in [0.25, 0.3) is 11.5 Å². The second-order valence-electron chi connectivity index (χ2n) is 7.71. The predicted molar refractivity (Wildman–Crippen MR) is 110 cm³/mol. The molecule has 2 N–H and O–H groups in total. The van der Waals surface area contributed by atoms with E-state index in [0.717, 1.165) is 18.4 Å². The molecule has 0 bridgehead atoms. The van der Waals surface area contributed by atoms with Gasteiger partial charge in [-0.15, -0.1) is 0 Å². The lowest BCUT2D eigenvalue weighted by Gasteiger charge is -2.17. The number of pyridine rings is 1. The fourth-order valence-corrected chi connectivity index (χ4v) is 3.21. The molecule has 0 aliphatic heterocycles. The number of carbonyl (C=O) groups is 1. The number of carbonyl (C=O) groups excluding carboxylic acids is 1. The van der Waals surface area contributed by atoms with Gasteiger partial charge < -0.3 is 10.4 Å². The Morgan fingerprint density at radius 2 is 2.14 bits per heavy atom. The van der Waals surface area contributed by atoms with E-state index in [1.54, 1.807) is 23.2 Å². The zero-order valence-electron chi connectivity index (χ0n) is 16.4. The molecule has 29 heavy (non-hydrogen) atoms. The molecule has 1 saturated carbocycles. The maximum atomic E-state index is 13.0. The number of amides is 1. The van der Waals surface area contributed by atoms with Gasteiger partial charge in [0, 0.05) is 30.5 Å². The summed E-state index contributed by atoms with van der Waals surface area (Å²) in [5.41, 5.74) is 1.11. The monoisotopic (exact) mass is 393 g/mol. The van der Waals surface area contributed by atoms with Gasteiger partial charge in [-0.25, -0.2) is 0 Å². The normalized spacial score (nSPS) is 14.2. The molecule has 1 amide bonds. The Labute approximate surface area is 167 Å². The molecule has 0 radical (unpaired) electrons. The third-order valence-electron chi connectivity index (χ3n) is 4.74. The summed E-state index contributed by atoms with van der Waals surface area (Å²) in [4.78, 5) is 29.6. The molecular weight excluding hydrogens is 370 g/mol. The highest BCUT2D eigenvalue weighted by Gasteiger charge is 2.29. The summed E-state index contributed by atoms with van der Waals surface area (Å²) in [5.74, 6) is -0.708. The number of hydrogen-bond donors (Lipinski definition) is 2. The summed E-state index contributed by atoms with van der Waals surface area (Å²) in [5, 5.41) is 17.9. The molecule has 1 aliphatic carbocycles. The molecule has 1 aliphatic rings. The van der Waals surface area contributed by atoms with Crippen molar-refractivity contribution in [2.45, 2.75) is 39.3 Å². The van der Waals surface area contributed by atoms with Crippen molar-refractivity contribution in [1.82, 2.24) is 24.5 Å². The van der Waals surface area contributed by atoms with E-state index in [2.05, 4.69) is 15.4 Å². The van der Waals surface area contributed by atoms with Crippen LogP contribution >= 0.6 is 0 Å². The molecule has 3 aromatic rings. The van der Waals surface area contributed by atoms with Crippen molar-refractivity contribution in [3.8, 4) is 5.88 Å². The maximum Gasteiger partial charge on any atom is 0.291 e. The van der Waals surface area contributed by atoms with Crippen molar-refractivity contribution in [3.63, 3.8) is 0 Å². The Morgan fingerprint density at radius 1 is 1.34 bits per heavy atom. The van der Waals surface area contributed by atoms with Gasteiger partial charge in [-0.3, -0.25) is 19.1 Å². The molecule has 0 spiro atoms. The van der Waals surface area contributed by atoms with E-state index in [4.69, 9.17) is 0 Å². The lowest BCUT2D eigenvalue weighted by molar-refractivity contribution is 0.0944. The third-order valence-corrected chi connectivity index (χ3v) is 4.74. The van der Waals surface area contributed by atoms with Crippen LogP contribution in [0.1, 0.15) is 48.2 Å². The Hall–Kier alpha value is -3.42. The first kappa shape index (κ1) is 18.9.